The Morgan fingerprint density at radius 1 is 0.964 bits per heavy atom. The van der Waals surface area contributed by atoms with Crippen molar-refractivity contribution in [3.05, 3.63) is 66.0 Å². The minimum absolute atomic E-state index is 0.0105. The predicted molar refractivity (Wildman–Crippen MR) is 110 cm³/mol. The van der Waals surface area contributed by atoms with Crippen LogP contribution in [0.15, 0.2) is 54.6 Å². The second kappa shape index (κ2) is 9.69. The van der Waals surface area contributed by atoms with E-state index in [1.54, 1.807) is 12.1 Å². The van der Waals surface area contributed by atoms with Gasteiger partial charge in [0.2, 0.25) is 5.91 Å². The Hall–Kier alpha value is -3.15. The standard InChI is InChI=1S/C22H26N4O2/c1-2-14-23-21(27)16-26-19-12-7-6-11-18(19)25-20(26)13-8-15-24-22(28)17-9-4-3-5-10-17/h3-7,9-12H,2,8,13-16H2,1H3,(H,23,27)(H,24,28). The smallest absolute Gasteiger partial charge is 0.251 e. The van der Waals surface area contributed by atoms with Gasteiger partial charge >= 0.3 is 0 Å². The molecule has 0 spiro atoms. The largest absolute Gasteiger partial charge is 0.355 e. The molecular weight excluding hydrogens is 352 g/mol. The van der Waals surface area contributed by atoms with Crippen LogP contribution in [0.5, 0.6) is 0 Å². The molecule has 3 rings (SSSR count). The van der Waals surface area contributed by atoms with Crippen molar-refractivity contribution >= 4 is 22.8 Å². The molecule has 2 aromatic carbocycles. The van der Waals surface area contributed by atoms with Crippen molar-refractivity contribution < 1.29 is 9.59 Å². The Morgan fingerprint density at radius 3 is 2.50 bits per heavy atom. The number of aromatic nitrogens is 2. The molecule has 0 fully saturated rings. The van der Waals surface area contributed by atoms with Gasteiger partial charge in [-0.15, -0.1) is 0 Å². The average molecular weight is 378 g/mol. The lowest BCUT2D eigenvalue weighted by Crippen LogP contribution is -2.29. The molecule has 0 aliphatic rings. The third-order valence-electron chi connectivity index (χ3n) is 4.51. The van der Waals surface area contributed by atoms with Crippen LogP contribution in [0.4, 0.5) is 0 Å². The number of carbonyl (C=O) groups is 2. The van der Waals surface area contributed by atoms with Crippen molar-refractivity contribution in [2.75, 3.05) is 13.1 Å². The Labute approximate surface area is 165 Å². The SMILES string of the molecule is CCCNC(=O)Cn1c(CCCNC(=O)c2ccccc2)nc2ccccc21. The van der Waals surface area contributed by atoms with Crippen LogP contribution in [0.2, 0.25) is 0 Å². The van der Waals surface area contributed by atoms with E-state index in [2.05, 4.69) is 10.6 Å². The summed E-state index contributed by atoms with van der Waals surface area (Å²) in [6, 6.07) is 17.0. The molecule has 2 amide bonds. The number of rotatable bonds is 9. The van der Waals surface area contributed by atoms with Gasteiger partial charge in [-0.3, -0.25) is 9.59 Å². The number of hydrogen-bond acceptors (Lipinski definition) is 3. The third kappa shape index (κ3) is 4.97. The molecule has 0 radical (unpaired) electrons. The van der Waals surface area contributed by atoms with Gasteiger partial charge in [0.25, 0.3) is 5.91 Å². The van der Waals surface area contributed by atoms with E-state index in [1.807, 2.05) is 54.0 Å². The van der Waals surface area contributed by atoms with Crippen LogP contribution >= 0.6 is 0 Å². The molecule has 6 heteroatoms. The third-order valence-corrected chi connectivity index (χ3v) is 4.51. The zero-order chi connectivity index (χ0) is 19.8. The highest BCUT2D eigenvalue weighted by Gasteiger charge is 2.13. The Balaban J connectivity index is 1.62. The maximum Gasteiger partial charge on any atom is 0.251 e. The summed E-state index contributed by atoms with van der Waals surface area (Å²) < 4.78 is 1.97. The van der Waals surface area contributed by atoms with Gasteiger partial charge in [0.05, 0.1) is 11.0 Å². The van der Waals surface area contributed by atoms with Crippen molar-refractivity contribution in [2.24, 2.45) is 0 Å². The van der Waals surface area contributed by atoms with Gasteiger partial charge in [0.15, 0.2) is 0 Å². The zero-order valence-electron chi connectivity index (χ0n) is 16.1. The molecule has 2 N–H and O–H groups in total. The maximum atomic E-state index is 12.2. The quantitative estimate of drug-likeness (QED) is 0.562. The number of aryl methyl sites for hydroxylation is 1. The lowest BCUT2D eigenvalue weighted by molar-refractivity contribution is -0.121. The second-order valence-corrected chi connectivity index (χ2v) is 6.68. The number of nitrogens with one attached hydrogen (secondary N) is 2. The maximum absolute atomic E-state index is 12.2. The first-order chi connectivity index (χ1) is 13.7. The highest BCUT2D eigenvalue weighted by Crippen LogP contribution is 2.17. The molecule has 28 heavy (non-hydrogen) atoms. The molecule has 1 heterocycles. The first kappa shape index (κ1) is 19.6. The number of imidazole rings is 1. The minimum atomic E-state index is -0.0759. The second-order valence-electron chi connectivity index (χ2n) is 6.68. The van der Waals surface area contributed by atoms with Crippen LogP contribution in [-0.2, 0) is 17.8 Å². The number of carbonyl (C=O) groups excluding carboxylic acids is 2. The Morgan fingerprint density at radius 2 is 1.71 bits per heavy atom. The van der Waals surface area contributed by atoms with Crippen molar-refractivity contribution in [1.29, 1.82) is 0 Å². The van der Waals surface area contributed by atoms with Crippen LogP contribution in [-0.4, -0.2) is 34.5 Å². The average Bonchev–Trinajstić information content (AvgIpc) is 3.07. The zero-order valence-corrected chi connectivity index (χ0v) is 16.1. The molecule has 0 aliphatic heterocycles. The van der Waals surface area contributed by atoms with Crippen molar-refractivity contribution in [2.45, 2.75) is 32.7 Å². The summed E-state index contributed by atoms with van der Waals surface area (Å²) >= 11 is 0. The molecule has 0 bridgehead atoms. The van der Waals surface area contributed by atoms with E-state index in [0.717, 1.165) is 29.7 Å². The minimum Gasteiger partial charge on any atom is -0.355 e. The number of fused-ring (bicyclic) bond motifs is 1. The summed E-state index contributed by atoms with van der Waals surface area (Å²) in [5.74, 6) is 0.776. The highest BCUT2D eigenvalue weighted by atomic mass is 16.2. The van der Waals surface area contributed by atoms with E-state index in [0.29, 0.717) is 25.1 Å². The van der Waals surface area contributed by atoms with Crippen LogP contribution < -0.4 is 10.6 Å². The number of amides is 2. The van der Waals surface area contributed by atoms with Crippen LogP contribution in [0.25, 0.3) is 11.0 Å². The van der Waals surface area contributed by atoms with Gasteiger partial charge in [0, 0.05) is 25.1 Å². The Kier molecular flexibility index (Phi) is 6.78. The van der Waals surface area contributed by atoms with Crippen LogP contribution in [0.1, 0.15) is 35.9 Å². The molecule has 146 valence electrons. The lowest BCUT2D eigenvalue weighted by Gasteiger charge is -2.10. The van der Waals surface area contributed by atoms with Gasteiger partial charge in [-0.2, -0.15) is 0 Å². The van der Waals surface area contributed by atoms with E-state index < -0.39 is 0 Å². The van der Waals surface area contributed by atoms with E-state index in [9.17, 15) is 9.59 Å². The van der Waals surface area contributed by atoms with Crippen LogP contribution in [0, 0.1) is 0 Å². The predicted octanol–water partition coefficient (Wildman–Crippen LogP) is 2.93. The van der Waals surface area contributed by atoms with Crippen molar-refractivity contribution in [3.63, 3.8) is 0 Å². The van der Waals surface area contributed by atoms with Crippen LogP contribution in [0.3, 0.4) is 0 Å². The first-order valence-electron chi connectivity index (χ1n) is 9.73. The first-order valence-corrected chi connectivity index (χ1v) is 9.73. The molecule has 6 nitrogen and oxygen atoms in total. The lowest BCUT2D eigenvalue weighted by atomic mass is 10.2. The van der Waals surface area contributed by atoms with E-state index in [-0.39, 0.29) is 18.4 Å². The van der Waals surface area contributed by atoms with Gasteiger partial charge in [-0.1, -0.05) is 37.3 Å². The van der Waals surface area contributed by atoms with Crippen molar-refractivity contribution in [1.82, 2.24) is 20.2 Å². The van der Waals surface area contributed by atoms with Gasteiger partial charge in [-0.25, -0.2) is 4.98 Å². The summed E-state index contributed by atoms with van der Waals surface area (Å²) in [6.07, 6.45) is 2.34. The molecular formula is C22H26N4O2. The molecule has 0 atom stereocenters. The summed E-state index contributed by atoms with van der Waals surface area (Å²) in [7, 11) is 0. The topological polar surface area (TPSA) is 76.0 Å². The highest BCUT2D eigenvalue weighted by molar-refractivity contribution is 5.94. The number of para-hydroxylation sites is 2. The van der Waals surface area contributed by atoms with Crippen molar-refractivity contribution in [3.8, 4) is 0 Å². The monoisotopic (exact) mass is 378 g/mol. The normalized spacial score (nSPS) is 10.8. The molecule has 0 unspecified atom stereocenters. The van der Waals surface area contributed by atoms with Gasteiger partial charge in [0.1, 0.15) is 12.4 Å². The number of nitrogens with zero attached hydrogens (tertiary/aromatic N) is 2. The fraction of sp³-hybridized carbons (Fsp3) is 0.318. The molecule has 0 aliphatic carbocycles. The summed E-state index contributed by atoms with van der Waals surface area (Å²) in [5, 5.41) is 5.85. The fourth-order valence-corrected chi connectivity index (χ4v) is 3.10. The fourth-order valence-electron chi connectivity index (χ4n) is 3.10. The summed E-state index contributed by atoms with van der Waals surface area (Å²) in [5.41, 5.74) is 2.49. The summed E-state index contributed by atoms with van der Waals surface area (Å²) in [4.78, 5) is 29.0. The van der Waals surface area contributed by atoms with Gasteiger partial charge < -0.3 is 15.2 Å². The van der Waals surface area contributed by atoms with E-state index in [4.69, 9.17) is 4.98 Å². The van der Waals surface area contributed by atoms with E-state index in [1.165, 1.54) is 0 Å². The number of benzene rings is 2. The molecule has 0 saturated heterocycles. The molecule has 1 aromatic heterocycles. The van der Waals surface area contributed by atoms with Gasteiger partial charge in [-0.05, 0) is 37.1 Å². The Bertz CT molecular complexity index is 934. The molecule has 3 aromatic rings. The number of hydrogen-bond donors (Lipinski definition) is 2. The molecule has 0 saturated carbocycles. The van der Waals surface area contributed by atoms with E-state index >= 15 is 0 Å². The summed E-state index contributed by atoms with van der Waals surface area (Å²) in [6.45, 7) is 3.51.